The fourth-order valence-electron chi connectivity index (χ4n) is 9.18. The second-order valence-electron chi connectivity index (χ2n) is 16.0. The summed E-state index contributed by atoms with van der Waals surface area (Å²) in [5, 5.41) is 2.48. The molecule has 2 heteroatoms. The van der Waals surface area contributed by atoms with E-state index in [4.69, 9.17) is 0 Å². The minimum Gasteiger partial charge on any atom is -0.310 e. The number of fused-ring (bicyclic) bond motifs is 3. The van der Waals surface area contributed by atoms with Crippen molar-refractivity contribution in [3.05, 3.63) is 248 Å². The molecular weight excluding hydrogens is 749 g/mol. The number of para-hydroxylation sites is 2. The molecule has 10 aromatic rings. The van der Waals surface area contributed by atoms with Crippen molar-refractivity contribution in [2.45, 2.75) is 12.8 Å². The van der Waals surface area contributed by atoms with Crippen LogP contribution >= 0.6 is 0 Å². The van der Waals surface area contributed by atoms with E-state index in [1.807, 2.05) is 0 Å². The van der Waals surface area contributed by atoms with Gasteiger partial charge in [-0.05, 0) is 135 Å². The van der Waals surface area contributed by atoms with Crippen LogP contribution in [-0.4, -0.2) is 4.57 Å². The number of rotatable bonds is 9. The Bertz CT molecular complexity index is 3230. The first-order valence-corrected chi connectivity index (χ1v) is 21.6. The van der Waals surface area contributed by atoms with Crippen LogP contribution in [0.5, 0.6) is 0 Å². The van der Waals surface area contributed by atoms with Gasteiger partial charge in [-0.3, -0.25) is 0 Å². The van der Waals surface area contributed by atoms with Gasteiger partial charge < -0.3 is 9.47 Å². The Morgan fingerprint density at radius 2 is 0.871 bits per heavy atom. The first-order valence-electron chi connectivity index (χ1n) is 21.6. The Morgan fingerprint density at radius 3 is 1.52 bits per heavy atom. The highest BCUT2D eigenvalue weighted by molar-refractivity contribution is 6.11. The van der Waals surface area contributed by atoms with E-state index in [-0.39, 0.29) is 0 Å². The third-order valence-electron chi connectivity index (χ3n) is 12.3. The molecule has 0 bridgehead atoms. The van der Waals surface area contributed by atoms with Gasteiger partial charge in [0.2, 0.25) is 0 Å². The fraction of sp³-hybridized carbons (Fsp3) is 0.0333. The van der Waals surface area contributed by atoms with E-state index in [1.54, 1.807) is 0 Å². The molecule has 0 fully saturated rings. The van der Waals surface area contributed by atoms with Gasteiger partial charge in [0, 0.05) is 33.5 Å². The molecule has 0 unspecified atom stereocenters. The number of anilines is 3. The van der Waals surface area contributed by atoms with Crippen LogP contribution in [0.3, 0.4) is 0 Å². The molecule has 1 heterocycles. The van der Waals surface area contributed by atoms with Gasteiger partial charge in [0.15, 0.2) is 0 Å². The van der Waals surface area contributed by atoms with E-state index in [2.05, 4.69) is 252 Å². The van der Waals surface area contributed by atoms with Crippen LogP contribution in [-0.2, 0) is 0 Å². The number of hydrogen-bond donors (Lipinski definition) is 0. The Morgan fingerprint density at radius 1 is 0.355 bits per heavy atom. The molecule has 1 aliphatic carbocycles. The summed E-state index contributed by atoms with van der Waals surface area (Å²) in [5.74, 6) is 0. The van der Waals surface area contributed by atoms with E-state index in [1.165, 1.54) is 77.5 Å². The van der Waals surface area contributed by atoms with Gasteiger partial charge in [0.05, 0.1) is 11.0 Å². The van der Waals surface area contributed by atoms with Gasteiger partial charge in [0.25, 0.3) is 0 Å². The molecule has 0 aliphatic heterocycles. The molecule has 9 aromatic carbocycles. The number of allylic oxidation sites excluding steroid dienone is 4. The van der Waals surface area contributed by atoms with Crippen molar-refractivity contribution < 1.29 is 0 Å². The number of benzene rings is 9. The maximum Gasteiger partial charge on any atom is 0.0541 e. The van der Waals surface area contributed by atoms with Crippen molar-refractivity contribution in [3.8, 4) is 50.2 Å². The molecule has 1 aromatic heterocycles. The third kappa shape index (κ3) is 7.02. The zero-order chi connectivity index (χ0) is 41.2. The molecular formula is C60H44N2. The predicted molar refractivity (Wildman–Crippen MR) is 264 cm³/mol. The lowest BCUT2D eigenvalue weighted by atomic mass is 9.92. The van der Waals surface area contributed by atoms with Gasteiger partial charge in [-0.15, -0.1) is 0 Å². The number of hydrogen-bond acceptors (Lipinski definition) is 1. The minimum absolute atomic E-state index is 1.09. The molecule has 11 rings (SSSR count). The summed E-state index contributed by atoms with van der Waals surface area (Å²) in [4.78, 5) is 2.39. The molecule has 0 saturated heterocycles. The van der Waals surface area contributed by atoms with Gasteiger partial charge in [0.1, 0.15) is 0 Å². The molecule has 2 nitrogen and oxygen atoms in total. The quantitative estimate of drug-likeness (QED) is 0.141. The molecule has 0 saturated carbocycles. The standard InChI is InChI=1S/C60H44N2/c1-5-15-43(16-6-1)45-25-27-46(28-26-45)48-31-36-53(37-32-48)61(52-34-29-47(30-35-52)44-17-7-2-8-18-44)54-38-39-55(57(42-54)49-19-9-3-10-20-49)50-33-40-60-58(41-50)56-23-13-14-24-59(56)62(60)51-21-11-4-12-22-51/h1-5,7-15,17-42H,6,16H2. The molecule has 0 atom stereocenters. The zero-order valence-electron chi connectivity index (χ0n) is 34.4. The maximum atomic E-state index is 2.39. The monoisotopic (exact) mass is 792 g/mol. The summed E-state index contributed by atoms with van der Waals surface area (Å²) in [6.45, 7) is 0. The van der Waals surface area contributed by atoms with Crippen molar-refractivity contribution in [3.63, 3.8) is 0 Å². The highest BCUT2D eigenvalue weighted by atomic mass is 15.1. The van der Waals surface area contributed by atoms with E-state index >= 15 is 0 Å². The molecule has 1 aliphatic rings. The minimum atomic E-state index is 1.09. The normalized spacial score (nSPS) is 12.4. The van der Waals surface area contributed by atoms with Gasteiger partial charge in [-0.2, -0.15) is 0 Å². The Balaban J connectivity index is 1.03. The second-order valence-corrected chi connectivity index (χ2v) is 16.0. The van der Waals surface area contributed by atoms with E-state index in [0.717, 1.165) is 35.6 Å². The average molecular weight is 793 g/mol. The van der Waals surface area contributed by atoms with Crippen molar-refractivity contribution in [1.29, 1.82) is 0 Å². The summed E-state index contributed by atoms with van der Waals surface area (Å²) >= 11 is 0. The lowest BCUT2D eigenvalue weighted by Crippen LogP contribution is -2.10. The van der Waals surface area contributed by atoms with Crippen LogP contribution in [0.25, 0.3) is 77.6 Å². The molecule has 0 spiro atoms. The fourth-order valence-corrected chi connectivity index (χ4v) is 9.18. The SMILES string of the molecule is C1=CCCC(c2ccc(-c3ccc(N(c4ccc(-c5ccccc5)cc4)c4ccc(-c5ccc6c(c5)c5ccccc5n6-c5ccccc5)c(-c5ccccc5)c4)cc3)cc2)=C1. The smallest absolute Gasteiger partial charge is 0.0541 e. The van der Waals surface area contributed by atoms with Crippen LogP contribution in [0.15, 0.2) is 243 Å². The number of nitrogens with zero attached hydrogens (tertiary/aromatic N) is 2. The Kier molecular flexibility index (Phi) is 9.72. The summed E-state index contributed by atoms with van der Waals surface area (Å²) in [6, 6.07) is 81.8. The lowest BCUT2D eigenvalue weighted by molar-refractivity contribution is 1.05. The van der Waals surface area contributed by atoms with E-state index < -0.39 is 0 Å². The van der Waals surface area contributed by atoms with Crippen molar-refractivity contribution >= 4 is 44.4 Å². The Hall–Kier alpha value is -7.94. The number of aromatic nitrogens is 1. The predicted octanol–water partition coefficient (Wildman–Crippen LogP) is 16.7. The lowest BCUT2D eigenvalue weighted by Gasteiger charge is -2.27. The highest BCUT2D eigenvalue weighted by Crippen LogP contribution is 2.43. The Labute approximate surface area is 363 Å². The van der Waals surface area contributed by atoms with Crippen molar-refractivity contribution in [2.24, 2.45) is 0 Å². The highest BCUT2D eigenvalue weighted by Gasteiger charge is 2.19. The average Bonchev–Trinajstić information content (AvgIpc) is 3.69. The van der Waals surface area contributed by atoms with Crippen LogP contribution in [0, 0.1) is 0 Å². The van der Waals surface area contributed by atoms with Gasteiger partial charge >= 0.3 is 0 Å². The summed E-state index contributed by atoms with van der Waals surface area (Å²) in [6.07, 6.45) is 8.86. The molecule has 0 N–H and O–H groups in total. The molecule has 0 amide bonds. The molecule has 0 radical (unpaired) electrons. The van der Waals surface area contributed by atoms with Gasteiger partial charge in [-0.1, -0.05) is 176 Å². The topological polar surface area (TPSA) is 8.17 Å². The van der Waals surface area contributed by atoms with E-state index in [0.29, 0.717) is 0 Å². The van der Waals surface area contributed by atoms with E-state index in [9.17, 15) is 0 Å². The van der Waals surface area contributed by atoms with Crippen LogP contribution < -0.4 is 4.90 Å². The van der Waals surface area contributed by atoms with Crippen molar-refractivity contribution in [2.75, 3.05) is 4.90 Å². The summed E-state index contributed by atoms with van der Waals surface area (Å²) < 4.78 is 2.38. The van der Waals surface area contributed by atoms with Gasteiger partial charge in [-0.25, -0.2) is 0 Å². The largest absolute Gasteiger partial charge is 0.310 e. The first kappa shape index (κ1) is 37.1. The molecule has 294 valence electrons. The van der Waals surface area contributed by atoms with Crippen LogP contribution in [0.1, 0.15) is 18.4 Å². The maximum absolute atomic E-state index is 2.39. The van der Waals surface area contributed by atoms with Crippen molar-refractivity contribution in [1.82, 2.24) is 4.57 Å². The molecule has 62 heavy (non-hydrogen) atoms. The first-order chi connectivity index (χ1) is 30.7. The summed E-state index contributed by atoms with van der Waals surface area (Å²) in [7, 11) is 0. The second kappa shape index (κ2) is 16.3. The third-order valence-corrected chi connectivity index (χ3v) is 12.3. The summed E-state index contributed by atoms with van der Waals surface area (Å²) in [5.41, 5.74) is 19.1. The van der Waals surface area contributed by atoms with Crippen LogP contribution in [0.4, 0.5) is 17.1 Å². The van der Waals surface area contributed by atoms with Crippen LogP contribution in [0.2, 0.25) is 0 Å². The zero-order valence-corrected chi connectivity index (χ0v) is 34.4.